The normalized spacial score (nSPS) is 16.6. The maximum absolute atomic E-state index is 11.3. The second-order valence-electron chi connectivity index (χ2n) is 4.77. The molecule has 0 spiro atoms. The number of aromatic nitrogens is 2. The molecule has 20 heavy (non-hydrogen) atoms. The van der Waals surface area contributed by atoms with E-state index < -0.39 is 5.97 Å². The Labute approximate surface area is 116 Å². The van der Waals surface area contributed by atoms with Crippen molar-refractivity contribution in [2.24, 2.45) is 0 Å². The van der Waals surface area contributed by atoms with E-state index in [-0.39, 0.29) is 11.6 Å². The number of carboxylic acid groups (broad SMARTS) is 1. The van der Waals surface area contributed by atoms with E-state index in [1.165, 1.54) is 0 Å². The average molecular weight is 273 g/mol. The fourth-order valence-corrected chi connectivity index (χ4v) is 2.52. The van der Waals surface area contributed by atoms with Gasteiger partial charge in [0.2, 0.25) is 0 Å². The summed E-state index contributed by atoms with van der Waals surface area (Å²) >= 11 is 0. The Bertz CT molecular complexity index is 661. The molecule has 2 heterocycles. The van der Waals surface area contributed by atoms with E-state index in [2.05, 4.69) is 10.4 Å². The average Bonchev–Trinajstić information content (AvgIpc) is 2.94. The highest BCUT2D eigenvalue weighted by Crippen LogP contribution is 2.33. The zero-order valence-corrected chi connectivity index (χ0v) is 11.3. The molecule has 0 fully saturated rings. The van der Waals surface area contributed by atoms with Gasteiger partial charge in [-0.15, -0.1) is 0 Å². The van der Waals surface area contributed by atoms with Gasteiger partial charge in [0.25, 0.3) is 0 Å². The zero-order valence-electron chi connectivity index (χ0n) is 11.3. The fourth-order valence-electron chi connectivity index (χ4n) is 2.52. The second kappa shape index (κ2) is 4.56. The first-order chi connectivity index (χ1) is 9.60. The first-order valence-electron chi connectivity index (χ1n) is 6.31. The fraction of sp³-hybridized carbons (Fsp3) is 0.286. The number of aryl methyl sites for hydroxylation is 1. The van der Waals surface area contributed by atoms with Gasteiger partial charge in [0, 0.05) is 0 Å². The van der Waals surface area contributed by atoms with E-state index >= 15 is 0 Å². The van der Waals surface area contributed by atoms with Crippen LogP contribution in [0.25, 0.3) is 0 Å². The van der Waals surface area contributed by atoms with Crippen molar-refractivity contribution in [1.82, 2.24) is 9.78 Å². The summed E-state index contributed by atoms with van der Waals surface area (Å²) in [6, 6.07) is 7.75. The minimum Gasteiger partial charge on any atom is -0.497 e. The van der Waals surface area contributed by atoms with Crippen molar-refractivity contribution in [2.45, 2.75) is 19.5 Å². The van der Waals surface area contributed by atoms with Crippen LogP contribution in [0.15, 0.2) is 24.3 Å². The summed E-state index contributed by atoms with van der Waals surface area (Å²) in [7, 11) is 1.63. The Morgan fingerprint density at radius 2 is 2.15 bits per heavy atom. The van der Waals surface area contributed by atoms with Gasteiger partial charge >= 0.3 is 5.97 Å². The lowest BCUT2D eigenvalue weighted by Crippen LogP contribution is -2.09. The van der Waals surface area contributed by atoms with E-state index in [1.807, 2.05) is 24.3 Å². The number of hydrogen-bond donors (Lipinski definition) is 2. The maximum atomic E-state index is 11.3. The number of nitrogens with zero attached hydrogens (tertiary/aromatic N) is 2. The van der Waals surface area contributed by atoms with Gasteiger partial charge in [0.15, 0.2) is 0 Å². The molecule has 0 bridgehead atoms. The molecule has 0 saturated carbocycles. The number of aromatic carboxylic acids is 1. The van der Waals surface area contributed by atoms with Crippen LogP contribution in [0.2, 0.25) is 0 Å². The molecule has 0 saturated heterocycles. The predicted octanol–water partition coefficient (Wildman–Crippen LogP) is 2.07. The summed E-state index contributed by atoms with van der Waals surface area (Å²) in [5.41, 5.74) is 1.86. The SMILES string of the molecule is COc1ccc(C2Cn3nc(C)c(C(=O)O)c3N2)cc1. The Morgan fingerprint density at radius 3 is 2.75 bits per heavy atom. The number of carbonyl (C=O) groups is 1. The van der Waals surface area contributed by atoms with Crippen molar-refractivity contribution < 1.29 is 14.6 Å². The molecule has 0 aliphatic carbocycles. The van der Waals surface area contributed by atoms with Gasteiger partial charge in [-0.2, -0.15) is 5.10 Å². The number of fused-ring (bicyclic) bond motifs is 1. The summed E-state index contributed by atoms with van der Waals surface area (Å²) in [5.74, 6) is 0.425. The molecule has 1 unspecified atom stereocenters. The quantitative estimate of drug-likeness (QED) is 0.895. The third-order valence-electron chi connectivity index (χ3n) is 3.53. The number of rotatable bonds is 3. The molecule has 1 aliphatic rings. The number of hydrogen-bond acceptors (Lipinski definition) is 4. The third-order valence-corrected chi connectivity index (χ3v) is 3.53. The number of methoxy groups -OCH3 is 1. The molecule has 2 aromatic rings. The molecular weight excluding hydrogens is 258 g/mol. The molecular formula is C14H15N3O3. The van der Waals surface area contributed by atoms with Gasteiger partial charge in [-0.25, -0.2) is 9.48 Å². The molecule has 3 rings (SSSR count). The Hall–Kier alpha value is -2.50. The summed E-state index contributed by atoms with van der Waals surface area (Å²) in [5, 5.41) is 16.7. The van der Waals surface area contributed by atoms with Gasteiger partial charge in [-0.3, -0.25) is 0 Å². The van der Waals surface area contributed by atoms with Gasteiger partial charge in [-0.1, -0.05) is 12.1 Å². The number of ether oxygens (including phenoxy) is 1. The third kappa shape index (κ3) is 1.89. The highest BCUT2D eigenvalue weighted by atomic mass is 16.5. The van der Waals surface area contributed by atoms with Gasteiger partial charge in [0.05, 0.1) is 25.4 Å². The van der Waals surface area contributed by atoms with Crippen LogP contribution < -0.4 is 10.1 Å². The van der Waals surface area contributed by atoms with E-state index in [0.717, 1.165) is 11.3 Å². The predicted molar refractivity (Wildman–Crippen MR) is 73.3 cm³/mol. The molecule has 1 atom stereocenters. The van der Waals surface area contributed by atoms with Gasteiger partial charge in [0.1, 0.15) is 17.1 Å². The Balaban J connectivity index is 1.88. The molecule has 1 aliphatic heterocycles. The van der Waals surface area contributed by atoms with E-state index in [0.29, 0.717) is 18.1 Å². The lowest BCUT2D eigenvalue weighted by molar-refractivity contribution is 0.0697. The number of carboxylic acids is 1. The molecule has 6 heteroatoms. The molecule has 6 nitrogen and oxygen atoms in total. The highest BCUT2D eigenvalue weighted by Gasteiger charge is 2.30. The van der Waals surface area contributed by atoms with Gasteiger partial charge < -0.3 is 15.2 Å². The highest BCUT2D eigenvalue weighted by molar-refractivity contribution is 5.95. The smallest absolute Gasteiger partial charge is 0.341 e. The van der Waals surface area contributed by atoms with Crippen LogP contribution in [-0.4, -0.2) is 28.0 Å². The summed E-state index contributed by atoms with van der Waals surface area (Å²) in [4.78, 5) is 11.3. The minimum atomic E-state index is -0.952. The lowest BCUT2D eigenvalue weighted by Gasteiger charge is -2.12. The van der Waals surface area contributed by atoms with Crippen LogP contribution in [0.1, 0.15) is 27.7 Å². The Kier molecular flexibility index (Phi) is 2.85. The van der Waals surface area contributed by atoms with Crippen molar-refractivity contribution in [3.8, 4) is 5.75 Å². The second-order valence-corrected chi connectivity index (χ2v) is 4.77. The minimum absolute atomic E-state index is 0.0297. The first-order valence-corrected chi connectivity index (χ1v) is 6.31. The molecule has 104 valence electrons. The maximum Gasteiger partial charge on any atom is 0.341 e. The van der Waals surface area contributed by atoms with Crippen molar-refractivity contribution >= 4 is 11.8 Å². The van der Waals surface area contributed by atoms with Crippen molar-refractivity contribution in [3.63, 3.8) is 0 Å². The zero-order chi connectivity index (χ0) is 14.3. The van der Waals surface area contributed by atoms with Crippen molar-refractivity contribution in [2.75, 3.05) is 12.4 Å². The molecule has 1 aromatic carbocycles. The van der Waals surface area contributed by atoms with Crippen LogP contribution in [0.5, 0.6) is 5.75 Å². The van der Waals surface area contributed by atoms with Crippen LogP contribution >= 0.6 is 0 Å². The number of nitrogens with one attached hydrogen (secondary N) is 1. The summed E-state index contributed by atoms with van der Waals surface area (Å²) < 4.78 is 6.85. The largest absolute Gasteiger partial charge is 0.497 e. The van der Waals surface area contributed by atoms with Crippen LogP contribution in [0, 0.1) is 6.92 Å². The molecule has 2 N–H and O–H groups in total. The standard InChI is InChI=1S/C14H15N3O3/c1-8-12(14(18)19)13-15-11(7-17(13)16-8)9-3-5-10(20-2)6-4-9/h3-6,11,15H,7H2,1-2H3,(H,18,19). The van der Waals surface area contributed by atoms with Crippen LogP contribution in [-0.2, 0) is 6.54 Å². The van der Waals surface area contributed by atoms with E-state index in [4.69, 9.17) is 4.74 Å². The number of anilines is 1. The van der Waals surface area contributed by atoms with Crippen molar-refractivity contribution in [1.29, 1.82) is 0 Å². The van der Waals surface area contributed by atoms with E-state index in [1.54, 1.807) is 18.7 Å². The summed E-state index contributed by atoms with van der Waals surface area (Å²) in [6.45, 7) is 2.33. The number of benzene rings is 1. The molecule has 0 amide bonds. The van der Waals surface area contributed by atoms with Crippen LogP contribution in [0.3, 0.4) is 0 Å². The lowest BCUT2D eigenvalue weighted by atomic mass is 10.1. The molecule has 0 radical (unpaired) electrons. The Morgan fingerprint density at radius 1 is 1.45 bits per heavy atom. The van der Waals surface area contributed by atoms with Gasteiger partial charge in [-0.05, 0) is 24.6 Å². The first kappa shape index (κ1) is 12.5. The monoisotopic (exact) mass is 273 g/mol. The van der Waals surface area contributed by atoms with Crippen LogP contribution in [0.4, 0.5) is 5.82 Å². The van der Waals surface area contributed by atoms with E-state index in [9.17, 15) is 9.90 Å². The molecule has 1 aromatic heterocycles. The summed E-state index contributed by atoms with van der Waals surface area (Å²) in [6.07, 6.45) is 0. The topological polar surface area (TPSA) is 76.4 Å². The van der Waals surface area contributed by atoms with Crippen molar-refractivity contribution in [3.05, 3.63) is 41.1 Å².